The number of amides is 1. The first-order chi connectivity index (χ1) is 10.6. The second-order valence-corrected chi connectivity index (χ2v) is 6.11. The van der Waals surface area contributed by atoms with Gasteiger partial charge in [-0.15, -0.1) is 0 Å². The molecule has 3 heteroatoms. The van der Waals surface area contributed by atoms with Gasteiger partial charge in [-0.05, 0) is 22.6 Å². The van der Waals surface area contributed by atoms with Gasteiger partial charge in [0.15, 0.2) is 0 Å². The number of nitrogens with zero attached hydrogens (tertiary/aromatic N) is 1. The molecule has 0 bridgehead atoms. The van der Waals surface area contributed by atoms with Crippen LogP contribution in [0.4, 0.5) is 0 Å². The number of carbonyl (C=O) groups excluding carboxylic acids is 1. The third kappa shape index (κ3) is 3.04. The van der Waals surface area contributed by atoms with Crippen LogP contribution in [0.25, 0.3) is 0 Å². The van der Waals surface area contributed by atoms with Gasteiger partial charge in [-0.3, -0.25) is 10.2 Å². The molecule has 2 aromatic carbocycles. The highest BCUT2D eigenvalue weighted by Crippen LogP contribution is 2.30. The summed E-state index contributed by atoms with van der Waals surface area (Å²) in [6, 6.07) is 19.1. The lowest BCUT2D eigenvalue weighted by atomic mass is 9.95. The Morgan fingerprint density at radius 2 is 1.50 bits per heavy atom. The molecule has 1 aliphatic rings. The van der Waals surface area contributed by atoms with Crippen LogP contribution in [0.5, 0.6) is 0 Å². The molecular formula is C19H22N2O. The first-order valence-electron chi connectivity index (χ1n) is 7.86. The summed E-state index contributed by atoms with van der Waals surface area (Å²) in [5.74, 6) is 0.621. The number of nitrogens with one attached hydrogen (secondary N) is 1. The van der Waals surface area contributed by atoms with E-state index in [1.165, 1.54) is 16.7 Å². The van der Waals surface area contributed by atoms with Crippen LogP contribution in [0.3, 0.4) is 0 Å². The first-order valence-corrected chi connectivity index (χ1v) is 7.86. The number of rotatable bonds is 4. The van der Waals surface area contributed by atoms with Crippen LogP contribution >= 0.6 is 0 Å². The SMILES string of the molecule is CC(C)c1ccc([C@H](c2ccccc2)N2CCC(=O)N2)cc1. The number of benzene rings is 2. The maximum atomic E-state index is 11.6. The van der Waals surface area contributed by atoms with Crippen molar-refractivity contribution in [1.82, 2.24) is 10.4 Å². The molecule has 1 saturated heterocycles. The molecule has 2 aromatic rings. The highest BCUT2D eigenvalue weighted by molar-refractivity contribution is 5.77. The van der Waals surface area contributed by atoms with Crippen LogP contribution < -0.4 is 5.43 Å². The summed E-state index contributed by atoms with van der Waals surface area (Å²) in [7, 11) is 0. The van der Waals surface area contributed by atoms with Crippen molar-refractivity contribution in [2.24, 2.45) is 0 Å². The van der Waals surface area contributed by atoms with Crippen molar-refractivity contribution in [3.05, 3.63) is 71.3 Å². The summed E-state index contributed by atoms with van der Waals surface area (Å²) >= 11 is 0. The zero-order valence-electron chi connectivity index (χ0n) is 13.1. The van der Waals surface area contributed by atoms with Crippen LogP contribution in [0.1, 0.15) is 48.9 Å². The van der Waals surface area contributed by atoms with Gasteiger partial charge in [0.1, 0.15) is 0 Å². The third-order valence-corrected chi connectivity index (χ3v) is 4.19. The van der Waals surface area contributed by atoms with E-state index in [-0.39, 0.29) is 11.9 Å². The van der Waals surface area contributed by atoms with Gasteiger partial charge >= 0.3 is 0 Å². The van der Waals surface area contributed by atoms with E-state index in [2.05, 4.69) is 55.7 Å². The summed E-state index contributed by atoms with van der Waals surface area (Å²) in [6.45, 7) is 5.14. The monoisotopic (exact) mass is 294 g/mol. The molecular weight excluding hydrogens is 272 g/mol. The highest BCUT2D eigenvalue weighted by atomic mass is 16.2. The largest absolute Gasteiger partial charge is 0.288 e. The molecule has 1 N–H and O–H groups in total. The van der Waals surface area contributed by atoms with Crippen LogP contribution in [-0.4, -0.2) is 17.5 Å². The minimum absolute atomic E-state index is 0.0638. The Morgan fingerprint density at radius 3 is 2.05 bits per heavy atom. The lowest BCUT2D eigenvalue weighted by Crippen LogP contribution is -2.37. The standard InChI is InChI=1S/C19H22N2O/c1-14(2)15-8-10-17(11-9-15)19(16-6-4-3-5-7-16)21-13-12-18(22)20-21/h3-11,14,19H,12-13H2,1-2H3,(H,20,22)/t19-/m0/s1. The number of hydrogen-bond acceptors (Lipinski definition) is 2. The number of hydrogen-bond donors (Lipinski definition) is 1. The van der Waals surface area contributed by atoms with Crippen LogP contribution in [0.2, 0.25) is 0 Å². The van der Waals surface area contributed by atoms with Crippen LogP contribution in [0.15, 0.2) is 54.6 Å². The van der Waals surface area contributed by atoms with Gasteiger partial charge in [0, 0.05) is 13.0 Å². The highest BCUT2D eigenvalue weighted by Gasteiger charge is 2.28. The third-order valence-electron chi connectivity index (χ3n) is 4.19. The summed E-state index contributed by atoms with van der Waals surface area (Å²) in [5.41, 5.74) is 6.72. The fourth-order valence-corrected chi connectivity index (χ4v) is 2.94. The average Bonchev–Trinajstić information content (AvgIpc) is 2.95. The molecule has 0 radical (unpaired) electrons. The maximum absolute atomic E-state index is 11.6. The van der Waals surface area contributed by atoms with Crippen molar-refractivity contribution in [3.63, 3.8) is 0 Å². The molecule has 0 spiro atoms. The minimum atomic E-state index is 0.0638. The minimum Gasteiger partial charge on any atom is -0.288 e. The number of hydrazine groups is 1. The Morgan fingerprint density at radius 1 is 0.909 bits per heavy atom. The van der Waals surface area contributed by atoms with Crippen LogP contribution in [0, 0.1) is 0 Å². The zero-order chi connectivity index (χ0) is 15.5. The predicted molar refractivity (Wildman–Crippen MR) is 88.3 cm³/mol. The summed E-state index contributed by atoms with van der Waals surface area (Å²) in [5, 5.41) is 2.04. The molecule has 0 aliphatic carbocycles. The van der Waals surface area contributed by atoms with E-state index < -0.39 is 0 Å². The smallest absolute Gasteiger partial charge is 0.235 e. The zero-order valence-corrected chi connectivity index (χ0v) is 13.1. The van der Waals surface area contributed by atoms with Crippen LogP contribution in [-0.2, 0) is 4.79 Å². The van der Waals surface area contributed by atoms with Crippen molar-refractivity contribution in [3.8, 4) is 0 Å². The van der Waals surface area contributed by atoms with Gasteiger partial charge in [-0.25, -0.2) is 5.01 Å². The second-order valence-electron chi connectivity index (χ2n) is 6.11. The van der Waals surface area contributed by atoms with Gasteiger partial charge in [0.05, 0.1) is 6.04 Å². The quantitative estimate of drug-likeness (QED) is 0.933. The fourth-order valence-electron chi connectivity index (χ4n) is 2.94. The van der Waals surface area contributed by atoms with Gasteiger partial charge in [0.2, 0.25) is 5.91 Å². The van der Waals surface area contributed by atoms with E-state index in [0.29, 0.717) is 12.3 Å². The molecule has 3 nitrogen and oxygen atoms in total. The molecule has 0 aromatic heterocycles. The molecule has 1 atom stereocenters. The van der Waals surface area contributed by atoms with Crippen molar-refractivity contribution >= 4 is 5.91 Å². The number of carbonyl (C=O) groups is 1. The van der Waals surface area contributed by atoms with E-state index in [1.54, 1.807) is 0 Å². The van der Waals surface area contributed by atoms with Gasteiger partial charge in [0.25, 0.3) is 0 Å². The molecule has 0 saturated carbocycles. The average molecular weight is 294 g/mol. The lowest BCUT2D eigenvalue weighted by molar-refractivity contribution is -0.121. The van der Waals surface area contributed by atoms with Gasteiger partial charge < -0.3 is 0 Å². The molecule has 1 heterocycles. The summed E-state index contributed by atoms with van der Waals surface area (Å²) in [6.07, 6.45) is 0.563. The Hall–Kier alpha value is -2.13. The topological polar surface area (TPSA) is 32.3 Å². The van der Waals surface area contributed by atoms with Gasteiger partial charge in [-0.2, -0.15) is 0 Å². The molecule has 114 valence electrons. The Kier molecular flexibility index (Phi) is 4.25. The first kappa shape index (κ1) is 14.8. The molecule has 1 fully saturated rings. The normalized spacial score (nSPS) is 16.8. The molecule has 3 rings (SSSR count). The fraction of sp³-hybridized carbons (Fsp3) is 0.316. The van der Waals surface area contributed by atoms with E-state index in [4.69, 9.17) is 0 Å². The Balaban J connectivity index is 1.96. The van der Waals surface area contributed by atoms with Crippen molar-refractivity contribution < 1.29 is 4.79 Å². The molecule has 22 heavy (non-hydrogen) atoms. The van der Waals surface area contributed by atoms with E-state index >= 15 is 0 Å². The van der Waals surface area contributed by atoms with E-state index in [9.17, 15) is 4.79 Å². The van der Waals surface area contributed by atoms with E-state index in [1.807, 2.05) is 23.2 Å². The summed E-state index contributed by atoms with van der Waals surface area (Å²) in [4.78, 5) is 11.6. The van der Waals surface area contributed by atoms with Crippen molar-refractivity contribution in [2.75, 3.05) is 6.54 Å². The Labute approximate surface area is 131 Å². The molecule has 0 unspecified atom stereocenters. The lowest BCUT2D eigenvalue weighted by Gasteiger charge is -2.28. The molecule has 1 amide bonds. The Bertz CT molecular complexity index is 634. The van der Waals surface area contributed by atoms with Gasteiger partial charge in [-0.1, -0.05) is 68.4 Å². The van der Waals surface area contributed by atoms with E-state index in [0.717, 1.165) is 6.54 Å². The maximum Gasteiger partial charge on any atom is 0.235 e. The predicted octanol–water partition coefficient (Wildman–Crippen LogP) is 3.64. The van der Waals surface area contributed by atoms with Crippen molar-refractivity contribution in [2.45, 2.75) is 32.2 Å². The van der Waals surface area contributed by atoms with Crippen molar-refractivity contribution in [1.29, 1.82) is 0 Å². The molecule has 1 aliphatic heterocycles. The summed E-state index contributed by atoms with van der Waals surface area (Å²) < 4.78 is 0. The second kappa shape index (κ2) is 6.32.